The van der Waals surface area contributed by atoms with Crippen molar-refractivity contribution < 1.29 is 4.74 Å². The molecule has 0 radical (unpaired) electrons. The van der Waals surface area contributed by atoms with Crippen LogP contribution in [-0.2, 0) is 0 Å². The molecule has 0 saturated heterocycles. The van der Waals surface area contributed by atoms with Crippen molar-refractivity contribution in [2.24, 2.45) is 11.7 Å². The summed E-state index contributed by atoms with van der Waals surface area (Å²) in [7, 11) is 0. The molecule has 1 saturated carbocycles. The molecule has 2 unspecified atom stereocenters. The van der Waals surface area contributed by atoms with Crippen molar-refractivity contribution in [1.29, 1.82) is 0 Å². The van der Waals surface area contributed by atoms with E-state index in [1.807, 2.05) is 0 Å². The first kappa shape index (κ1) is 11.5. The Kier molecular flexibility index (Phi) is 3.49. The maximum Gasteiger partial charge on any atom is 0.122 e. The largest absolute Gasteiger partial charge is 0.490 e. The van der Waals surface area contributed by atoms with Gasteiger partial charge < -0.3 is 10.5 Å². The Labute approximate surface area is 97.8 Å². The summed E-state index contributed by atoms with van der Waals surface area (Å²) in [6.45, 7) is 4.99. The van der Waals surface area contributed by atoms with Crippen LogP contribution in [0.3, 0.4) is 0 Å². The third-order valence-corrected chi connectivity index (χ3v) is 3.73. The Bertz CT molecular complexity index is 362. The third-order valence-electron chi connectivity index (χ3n) is 3.73. The average Bonchev–Trinajstić information content (AvgIpc) is 2.72. The first-order valence-electron chi connectivity index (χ1n) is 6.15. The smallest absolute Gasteiger partial charge is 0.122 e. The Morgan fingerprint density at radius 3 is 2.88 bits per heavy atom. The molecular formula is C14H21NO. The minimum atomic E-state index is 0.325. The fraction of sp³-hybridized carbons (Fsp3) is 0.571. The number of aryl methyl sites for hydroxylation is 1. The van der Waals surface area contributed by atoms with Crippen molar-refractivity contribution in [1.82, 2.24) is 0 Å². The molecule has 0 spiro atoms. The van der Waals surface area contributed by atoms with Gasteiger partial charge in [0.15, 0.2) is 0 Å². The van der Waals surface area contributed by atoms with Crippen molar-refractivity contribution in [3.8, 4) is 5.75 Å². The monoisotopic (exact) mass is 219 g/mol. The molecule has 1 aliphatic carbocycles. The molecule has 2 N–H and O–H groups in total. The number of rotatable bonds is 3. The van der Waals surface area contributed by atoms with Crippen molar-refractivity contribution in [3.05, 3.63) is 29.3 Å². The topological polar surface area (TPSA) is 35.2 Å². The maximum absolute atomic E-state index is 6.11. The summed E-state index contributed by atoms with van der Waals surface area (Å²) in [5.41, 5.74) is 8.31. The fourth-order valence-corrected chi connectivity index (χ4v) is 2.44. The van der Waals surface area contributed by atoms with E-state index in [0.717, 1.165) is 18.7 Å². The van der Waals surface area contributed by atoms with Crippen LogP contribution in [0.2, 0.25) is 0 Å². The highest BCUT2D eigenvalue weighted by molar-refractivity contribution is 5.38. The van der Waals surface area contributed by atoms with Gasteiger partial charge in [0.2, 0.25) is 0 Å². The van der Waals surface area contributed by atoms with E-state index < -0.39 is 0 Å². The molecule has 0 bridgehead atoms. The zero-order chi connectivity index (χ0) is 11.5. The van der Waals surface area contributed by atoms with Crippen molar-refractivity contribution in [2.45, 2.75) is 39.2 Å². The van der Waals surface area contributed by atoms with E-state index in [-0.39, 0.29) is 0 Å². The SMILES string of the molecule is Cc1cccc(OC2CCCC2CN)c1C. The van der Waals surface area contributed by atoms with Crippen LogP contribution in [0.5, 0.6) is 5.75 Å². The first-order chi connectivity index (χ1) is 7.72. The highest BCUT2D eigenvalue weighted by Gasteiger charge is 2.28. The van der Waals surface area contributed by atoms with E-state index in [1.165, 1.54) is 24.0 Å². The van der Waals surface area contributed by atoms with Crippen LogP contribution in [-0.4, -0.2) is 12.6 Å². The quantitative estimate of drug-likeness (QED) is 0.848. The summed E-state index contributed by atoms with van der Waals surface area (Å²) in [6.07, 6.45) is 3.93. The molecular weight excluding hydrogens is 198 g/mol. The van der Waals surface area contributed by atoms with Crippen molar-refractivity contribution in [3.63, 3.8) is 0 Å². The summed E-state index contributed by atoms with van der Waals surface area (Å²) in [4.78, 5) is 0. The molecule has 16 heavy (non-hydrogen) atoms. The van der Waals surface area contributed by atoms with Gasteiger partial charge >= 0.3 is 0 Å². The second-order valence-electron chi connectivity index (χ2n) is 4.78. The zero-order valence-corrected chi connectivity index (χ0v) is 10.2. The molecule has 2 rings (SSSR count). The standard InChI is InChI=1S/C14H21NO/c1-10-5-3-7-13(11(10)2)16-14-8-4-6-12(14)9-15/h3,5,7,12,14H,4,6,8-9,15H2,1-2H3. The average molecular weight is 219 g/mol. The predicted octanol–water partition coefficient (Wildman–Crippen LogP) is 2.81. The van der Waals surface area contributed by atoms with Gasteiger partial charge in [0.05, 0.1) is 0 Å². The molecule has 0 heterocycles. The summed E-state index contributed by atoms with van der Waals surface area (Å²) < 4.78 is 6.11. The predicted molar refractivity (Wildman–Crippen MR) is 66.7 cm³/mol. The van der Waals surface area contributed by atoms with Crippen LogP contribution in [0.15, 0.2) is 18.2 Å². The second kappa shape index (κ2) is 4.88. The molecule has 2 heteroatoms. The third kappa shape index (κ3) is 2.22. The lowest BCUT2D eigenvalue weighted by Gasteiger charge is -2.21. The molecule has 2 atom stereocenters. The Morgan fingerprint density at radius 1 is 1.31 bits per heavy atom. The maximum atomic E-state index is 6.11. The van der Waals surface area contributed by atoms with E-state index in [2.05, 4.69) is 32.0 Å². The van der Waals surface area contributed by atoms with Gasteiger partial charge in [-0.15, -0.1) is 0 Å². The summed E-state index contributed by atoms with van der Waals surface area (Å²) >= 11 is 0. The minimum absolute atomic E-state index is 0.325. The van der Waals surface area contributed by atoms with Gasteiger partial charge in [-0.1, -0.05) is 12.1 Å². The summed E-state index contributed by atoms with van der Waals surface area (Å²) in [6, 6.07) is 6.25. The molecule has 0 amide bonds. The van der Waals surface area contributed by atoms with Crippen LogP contribution in [0.25, 0.3) is 0 Å². The molecule has 1 aliphatic rings. The lowest BCUT2D eigenvalue weighted by atomic mass is 10.1. The van der Waals surface area contributed by atoms with E-state index in [4.69, 9.17) is 10.5 Å². The molecule has 0 aliphatic heterocycles. The van der Waals surface area contributed by atoms with Gasteiger partial charge in [-0.05, 0) is 56.8 Å². The van der Waals surface area contributed by atoms with Crippen LogP contribution < -0.4 is 10.5 Å². The summed E-state index contributed by atoms with van der Waals surface area (Å²) in [5.74, 6) is 1.57. The van der Waals surface area contributed by atoms with Gasteiger partial charge in [-0.2, -0.15) is 0 Å². The molecule has 2 nitrogen and oxygen atoms in total. The Hall–Kier alpha value is -1.02. The van der Waals surface area contributed by atoms with E-state index in [1.54, 1.807) is 0 Å². The normalized spacial score (nSPS) is 24.7. The second-order valence-corrected chi connectivity index (χ2v) is 4.78. The van der Waals surface area contributed by atoms with E-state index in [0.29, 0.717) is 12.0 Å². The van der Waals surface area contributed by atoms with E-state index >= 15 is 0 Å². The highest BCUT2D eigenvalue weighted by Crippen LogP contribution is 2.31. The van der Waals surface area contributed by atoms with Gasteiger partial charge in [-0.25, -0.2) is 0 Å². The van der Waals surface area contributed by atoms with E-state index in [9.17, 15) is 0 Å². The van der Waals surface area contributed by atoms with Crippen molar-refractivity contribution >= 4 is 0 Å². The fourth-order valence-electron chi connectivity index (χ4n) is 2.44. The highest BCUT2D eigenvalue weighted by atomic mass is 16.5. The lowest BCUT2D eigenvalue weighted by Crippen LogP contribution is -2.27. The zero-order valence-electron chi connectivity index (χ0n) is 10.2. The van der Waals surface area contributed by atoms with Gasteiger partial charge in [0.25, 0.3) is 0 Å². The van der Waals surface area contributed by atoms with Gasteiger partial charge in [0.1, 0.15) is 11.9 Å². The van der Waals surface area contributed by atoms with Crippen LogP contribution in [0.4, 0.5) is 0 Å². The number of nitrogens with two attached hydrogens (primary N) is 1. The van der Waals surface area contributed by atoms with Crippen molar-refractivity contribution in [2.75, 3.05) is 6.54 Å². The lowest BCUT2D eigenvalue weighted by molar-refractivity contribution is 0.161. The first-order valence-corrected chi connectivity index (χ1v) is 6.15. The van der Waals surface area contributed by atoms with Crippen LogP contribution in [0.1, 0.15) is 30.4 Å². The number of benzene rings is 1. The molecule has 0 aromatic heterocycles. The van der Waals surface area contributed by atoms with Crippen LogP contribution >= 0.6 is 0 Å². The van der Waals surface area contributed by atoms with Crippen LogP contribution in [0, 0.1) is 19.8 Å². The molecule has 1 aromatic rings. The Morgan fingerprint density at radius 2 is 2.12 bits per heavy atom. The molecule has 88 valence electrons. The number of ether oxygens (including phenoxy) is 1. The molecule has 1 aromatic carbocycles. The number of hydrogen-bond acceptors (Lipinski definition) is 2. The Balaban J connectivity index is 2.11. The summed E-state index contributed by atoms with van der Waals surface area (Å²) in [5, 5.41) is 0. The van der Waals surface area contributed by atoms with Gasteiger partial charge in [0, 0.05) is 5.92 Å². The molecule has 1 fully saturated rings. The number of hydrogen-bond donors (Lipinski definition) is 1. The minimum Gasteiger partial charge on any atom is -0.490 e. The van der Waals surface area contributed by atoms with Gasteiger partial charge in [-0.3, -0.25) is 0 Å².